The maximum atomic E-state index is 13.1. The molecule has 0 saturated carbocycles. The van der Waals surface area contributed by atoms with E-state index in [1.165, 1.54) is 12.1 Å². The van der Waals surface area contributed by atoms with Gasteiger partial charge in [0.25, 0.3) is 0 Å². The zero-order valence-electron chi connectivity index (χ0n) is 12.6. The Balaban J connectivity index is 2.19. The Bertz CT molecular complexity index is 815. The molecule has 118 valence electrons. The second-order valence-corrected chi connectivity index (χ2v) is 5.29. The molecule has 0 amide bonds. The first-order valence-corrected chi connectivity index (χ1v) is 7.28. The highest BCUT2D eigenvalue weighted by atomic mass is 19.1. The van der Waals surface area contributed by atoms with Crippen LogP contribution in [-0.2, 0) is 4.74 Å². The van der Waals surface area contributed by atoms with Crippen LogP contribution in [0.25, 0.3) is 11.3 Å². The summed E-state index contributed by atoms with van der Waals surface area (Å²) in [7, 11) is 0. The van der Waals surface area contributed by atoms with Crippen molar-refractivity contribution < 1.29 is 13.5 Å². The minimum Gasteiger partial charge on any atom is -0.421 e. The normalized spacial score (nSPS) is 14.6. The maximum Gasteiger partial charge on any atom is 0.356 e. The zero-order chi connectivity index (χ0) is 16.4. The van der Waals surface area contributed by atoms with Crippen molar-refractivity contribution >= 4 is 5.69 Å². The molecule has 1 aromatic carbocycles. The third kappa shape index (κ3) is 2.83. The highest BCUT2D eigenvalue weighted by molar-refractivity contribution is 5.73. The predicted molar refractivity (Wildman–Crippen MR) is 82.9 cm³/mol. The topological polar surface area (TPSA) is 66.5 Å². The van der Waals surface area contributed by atoms with Gasteiger partial charge in [-0.2, -0.15) is 5.26 Å². The van der Waals surface area contributed by atoms with Crippen molar-refractivity contribution in [3.8, 4) is 17.4 Å². The molecule has 0 aliphatic carbocycles. The van der Waals surface area contributed by atoms with E-state index in [0.717, 1.165) is 0 Å². The van der Waals surface area contributed by atoms with Crippen molar-refractivity contribution in [2.45, 2.75) is 6.92 Å². The van der Waals surface area contributed by atoms with Gasteiger partial charge in [0.2, 0.25) is 0 Å². The van der Waals surface area contributed by atoms with Crippen molar-refractivity contribution in [2.24, 2.45) is 0 Å². The average molecular weight is 314 g/mol. The standard InChI is InChI=1S/C17H15FN2O3/c1-11-15(20-6-8-22-9-7-20)14(10-19)17(21)23-16(11)12-2-4-13(18)5-3-12/h2-5H,6-9H2,1H3. The molecule has 2 aromatic rings. The minimum atomic E-state index is -0.682. The maximum absolute atomic E-state index is 13.1. The van der Waals surface area contributed by atoms with E-state index in [1.54, 1.807) is 19.1 Å². The fourth-order valence-corrected chi connectivity index (χ4v) is 2.77. The van der Waals surface area contributed by atoms with Crippen LogP contribution in [0.5, 0.6) is 0 Å². The number of rotatable bonds is 2. The van der Waals surface area contributed by atoms with Crippen LogP contribution < -0.4 is 10.5 Å². The van der Waals surface area contributed by atoms with Gasteiger partial charge in [-0.3, -0.25) is 0 Å². The number of benzene rings is 1. The van der Waals surface area contributed by atoms with Gasteiger partial charge in [-0.1, -0.05) is 0 Å². The van der Waals surface area contributed by atoms with Crippen molar-refractivity contribution in [3.05, 3.63) is 51.6 Å². The molecule has 0 N–H and O–H groups in total. The van der Waals surface area contributed by atoms with Gasteiger partial charge in [0, 0.05) is 24.2 Å². The molecule has 6 heteroatoms. The monoisotopic (exact) mass is 314 g/mol. The molecule has 0 bridgehead atoms. The number of morpholine rings is 1. The van der Waals surface area contributed by atoms with Gasteiger partial charge < -0.3 is 14.1 Å². The van der Waals surface area contributed by atoms with Crippen LogP contribution in [0.15, 0.2) is 33.5 Å². The molecule has 0 radical (unpaired) electrons. The summed E-state index contributed by atoms with van der Waals surface area (Å²) >= 11 is 0. The quantitative estimate of drug-likeness (QED) is 0.852. The van der Waals surface area contributed by atoms with Gasteiger partial charge in [-0.25, -0.2) is 9.18 Å². The molecular weight excluding hydrogens is 299 g/mol. The highest BCUT2D eigenvalue weighted by Gasteiger charge is 2.24. The third-order valence-corrected chi connectivity index (χ3v) is 3.88. The van der Waals surface area contributed by atoms with Crippen LogP contribution in [-0.4, -0.2) is 26.3 Å². The molecular formula is C17H15FN2O3. The number of nitrogens with zero attached hydrogens (tertiary/aromatic N) is 2. The molecule has 1 fully saturated rings. The highest BCUT2D eigenvalue weighted by Crippen LogP contribution is 2.32. The average Bonchev–Trinajstić information content (AvgIpc) is 2.58. The number of hydrogen-bond donors (Lipinski definition) is 0. The number of nitriles is 1. The Kier molecular flexibility index (Phi) is 4.13. The van der Waals surface area contributed by atoms with Crippen LogP contribution in [0.1, 0.15) is 11.1 Å². The van der Waals surface area contributed by atoms with Gasteiger partial charge in [0.15, 0.2) is 5.56 Å². The Morgan fingerprint density at radius 1 is 1.22 bits per heavy atom. The lowest BCUT2D eigenvalue weighted by Gasteiger charge is -2.30. The number of ether oxygens (including phenoxy) is 1. The van der Waals surface area contributed by atoms with Crippen LogP contribution in [0.2, 0.25) is 0 Å². The van der Waals surface area contributed by atoms with Gasteiger partial charge >= 0.3 is 5.63 Å². The molecule has 23 heavy (non-hydrogen) atoms. The summed E-state index contributed by atoms with van der Waals surface area (Å²) in [6.07, 6.45) is 0. The van der Waals surface area contributed by atoms with Crippen LogP contribution in [0.3, 0.4) is 0 Å². The molecule has 1 aliphatic rings. The molecule has 0 unspecified atom stereocenters. The summed E-state index contributed by atoms with van der Waals surface area (Å²) in [5.41, 5.74) is 1.18. The Hall–Kier alpha value is -2.65. The summed E-state index contributed by atoms with van der Waals surface area (Å²) in [5.74, 6) is -0.00807. The van der Waals surface area contributed by atoms with E-state index in [9.17, 15) is 14.4 Å². The summed E-state index contributed by atoms with van der Waals surface area (Å²) in [6.45, 7) is 4.07. The van der Waals surface area contributed by atoms with Crippen LogP contribution >= 0.6 is 0 Å². The van der Waals surface area contributed by atoms with Crippen molar-refractivity contribution in [1.82, 2.24) is 0 Å². The van der Waals surface area contributed by atoms with Crippen LogP contribution in [0.4, 0.5) is 10.1 Å². The number of hydrogen-bond acceptors (Lipinski definition) is 5. The van der Waals surface area contributed by atoms with E-state index in [-0.39, 0.29) is 11.4 Å². The van der Waals surface area contributed by atoms with E-state index in [1.807, 2.05) is 11.0 Å². The largest absolute Gasteiger partial charge is 0.421 e. The van der Waals surface area contributed by atoms with Crippen molar-refractivity contribution in [3.63, 3.8) is 0 Å². The lowest BCUT2D eigenvalue weighted by atomic mass is 10.0. The third-order valence-electron chi connectivity index (χ3n) is 3.88. The molecule has 1 aliphatic heterocycles. The fraction of sp³-hybridized carbons (Fsp3) is 0.294. The SMILES string of the molecule is Cc1c(-c2ccc(F)cc2)oc(=O)c(C#N)c1N1CCOCC1. The van der Waals surface area contributed by atoms with Crippen molar-refractivity contribution in [2.75, 3.05) is 31.2 Å². The fourth-order valence-electron chi connectivity index (χ4n) is 2.77. The Morgan fingerprint density at radius 3 is 2.48 bits per heavy atom. The summed E-state index contributed by atoms with van der Waals surface area (Å²) in [4.78, 5) is 14.2. The smallest absolute Gasteiger partial charge is 0.356 e. The molecule has 2 heterocycles. The van der Waals surface area contributed by atoms with Crippen molar-refractivity contribution in [1.29, 1.82) is 5.26 Å². The second-order valence-electron chi connectivity index (χ2n) is 5.29. The first-order chi connectivity index (χ1) is 11.1. The Morgan fingerprint density at radius 2 is 1.87 bits per heavy atom. The molecule has 0 atom stereocenters. The van der Waals surface area contributed by atoms with Crippen LogP contribution in [0, 0.1) is 24.1 Å². The minimum absolute atomic E-state index is 0.00439. The van der Waals surface area contributed by atoms with E-state index in [2.05, 4.69) is 0 Å². The summed E-state index contributed by atoms with van der Waals surface area (Å²) < 4.78 is 23.8. The lowest BCUT2D eigenvalue weighted by molar-refractivity contribution is 0.122. The van der Waals surface area contributed by atoms with E-state index < -0.39 is 5.63 Å². The molecule has 1 saturated heterocycles. The zero-order valence-corrected chi connectivity index (χ0v) is 12.6. The van der Waals surface area contributed by atoms with Gasteiger partial charge in [0.1, 0.15) is 17.6 Å². The molecule has 1 aromatic heterocycles. The van der Waals surface area contributed by atoms with Gasteiger partial charge in [0.05, 0.1) is 18.9 Å². The van der Waals surface area contributed by atoms with E-state index >= 15 is 0 Å². The molecule has 0 spiro atoms. The summed E-state index contributed by atoms with van der Waals surface area (Å²) in [6, 6.07) is 7.66. The molecule has 5 nitrogen and oxygen atoms in total. The van der Waals surface area contributed by atoms with E-state index in [0.29, 0.717) is 48.9 Å². The van der Waals surface area contributed by atoms with E-state index in [4.69, 9.17) is 9.15 Å². The number of anilines is 1. The first-order valence-electron chi connectivity index (χ1n) is 7.28. The Labute approximate surface area is 132 Å². The number of halogens is 1. The lowest BCUT2D eigenvalue weighted by Crippen LogP contribution is -2.38. The molecule has 3 rings (SSSR count). The first kappa shape index (κ1) is 15.3. The summed E-state index contributed by atoms with van der Waals surface area (Å²) in [5, 5.41) is 9.33. The second kappa shape index (κ2) is 6.23. The van der Waals surface area contributed by atoms with Gasteiger partial charge in [-0.15, -0.1) is 0 Å². The van der Waals surface area contributed by atoms with Gasteiger partial charge in [-0.05, 0) is 31.2 Å². The predicted octanol–water partition coefficient (Wildman–Crippen LogP) is 2.46.